The molecule has 2 aliphatic heterocycles. The number of carbonyl (C=O) groups is 2. The minimum atomic E-state index is -0.503. The van der Waals surface area contributed by atoms with Gasteiger partial charge in [-0.2, -0.15) is 0 Å². The van der Waals surface area contributed by atoms with Gasteiger partial charge in [0.25, 0.3) is 17.4 Å². The van der Waals surface area contributed by atoms with Gasteiger partial charge in [0.15, 0.2) is 11.5 Å². The molecule has 4 aromatic rings. The lowest BCUT2D eigenvalue weighted by atomic mass is 10.1. The van der Waals surface area contributed by atoms with E-state index in [1.54, 1.807) is 24.3 Å². The number of rotatable bonds is 4. The molecule has 1 fully saturated rings. The van der Waals surface area contributed by atoms with Gasteiger partial charge in [0.1, 0.15) is 5.82 Å². The van der Waals surface area contributed by atoms with Gasteiger partial charge < -0.3 is 4.90 Å². The van der Waals surface area contributed by atoms with Crippen molar-refractivity contribution in [1.82, 2.24) is 9.55 Å². The lowest BCUT2D eigenvalue weighted by molar-refractivity contribution is 0.0925. The second-order valence-corrected chi connectivity index (χ2v) is 8.64. The maximum Gasteiger partial charge on any atom is 0.285 e. The Morgan fingerprint density at radius 3 is 1.80 bits per heavy atom. The molecule has 3 heterocycles. The van der Waals surface area contributed by atoms with Crippen LogP contribution < -0.4 is 15.4 Å². The molecule has 3 aromatic carbocycles. The number of para-hydroxylation sites is 1. The lowest BCUT2D eigenvalue weighted by Gasteiger charge is -2.26. The summed E-state index contributed by atoms with van der Waals surface area (Å²) >= 11 is 0. The van der Waals surface area contributed by atoms with Crippen LogP contribution in [-0.2, 0) is 0 Å². The Hall–Kier alpha value is -4.52. The van der Waals surface area contributed by atoms with Crippen LogP contribution in [0.1, 0.15) is 33.6 Å². The van der Waals surface area contributed by atoms with Crippen LogP contribution in [0.15, 0.2) is 89.7 Å². The van der Waals surface area contributed by atoms with Crippen molar-refractivity contribution in [2.24, 2.45) is 0 Å². The molecule has 6 rings (SSSR count). The average molecular weight is 463 g/mol. The van der Waals surface area contributed by atoms with Crippen LogP contribution in [0.4, 0.5) is 11.5 Å². The zero-order valence-corrected chi connectivity index (χ0v) is 18.9. The Bertz CT molecular complexity index is 1470. The quantitative estimate of drug-likeness (QED) is 0.423. The largest absolute Gasteiger partial charge is 0.355 e. The molecule has 2 amide bonds. The highest BCUT2D eigenvalue weighted by atomic mass is 16.2. The summed E-state index contributed by atoms with van der Waals surface area (Å²) in [4.78, 5) is 49.2. The number of carbonyl (C=O) groups excluding carboxylic acids is 2. The van der Waals surface area contributed by atoms with Gasteiger partial charge in [0.2, 0.25) is 0 Å². The number of anilines is 2. The summed E-state index contributed by atoms with van der Waals surface area (Å²) in [7, 11) is 0. The zero-order chi connectivity index (χ0) is 23.9. The molecule has 0 N–H and O–H groups in total. The average Bonchev–Trinajstić information content (AvgIpc) is 3.52. The molecule has 7 heteroatoms. The van der Waals surface area contributed by atoms with Crippen molar-refractivity contribution in [2.45, 2.75) is 12.8 Å². The van der Waals surface area contributed by atoms with Gasteiger partial charge >= 0.3 is 0 Å². The highest BCUT2D eigenvalue weighted by molar-refractivity contribution is 6.35. The SMILES string of the molecule is O=C1c2ccccc2C(=O)N1c1c(N2CCCC2)nc(-c2ccccc2)n(-c2ccccc2)c1=O. The molecule has 1 saturated heterocycles. The number of amides is 2. The first kappa shape index (κ1) is 21.0. The zero-order valence-electron chi connectivity index (χ0n) is 18.9. The van der Waals surface area contributed by atoms with Gasteiger partial charge in [-0.15, -0.1) is 0 Å². The van der Waals surface area contributed by atoms with E-state index in [4.69, 9.17) is 4.98 Å². The predicted octanol–water partition coefficient (Wildman–Crippen LogP) is 4.30. The van der Waals surface area contributed by atoms with Crippen molar-refractivity contribution < 1.29 is 9.59 Å². The molecule has 172 valence electrons. The van der Waals surface area contributed by atoms with E-state index < -0.39 is 17.4 Å². The monoisotopic (exact) mass is 462 g/mol. The fraction of sp³-hybridized carbons (Fsp3) is 0.143. The maximum atomic E-state index is 14.3. The van der Waals surface area contributed by atoms with Crippen LogP contribution in [-0.4, -0.2) is 34.5 Å². The number of hydrogen-bond acceptors (Lipinski definition) is 5. The third-order valence-electron chi connectivity index (χ3n) is 6.51. The fourth-order valence-corrected chi connectivity index (χ4v) is 4.84. The van der Waals surface area contributed by atoms with E-state index in [2.05, 4.69) is 0 Å². The molecule has 0 saturated carbocycles. The summed E-state index contributed by atoms with van der Waals surface area (Å²) in [6.07, 6.45) is 1.90. The van der Waals surface area contributed by atoms with Gasteiger partial charge in [0, 0.05) is 18.7 Å². The number of imide groups is 1. The Balaban J connectivity index is 1.67. The first-order chi connectivity index (χ1) is 17.1. The molecular formula is C28H22N4O3. The van der Waals surface area contributed by atoms with Crippen LogP contribution in [0.3, 0.4) is 0 Å². The summed E-state index contributed by atoms with van der Waals surface area (Å²) in [6.45, 7) is 1.40. The van der Waals surface area contributed by atoms with Gasteiger partial charge in [0.05, 0.1) is 16.8 Å². The number of hydrogen-bond donors (Lipinski definition) is 0. The number of aromatic nitrogens is 2. The molecule has 2 aliphatic rings. The maximum absolute atomic E-state index is 14.3. The minimum Gasteiger partial charge on any atom is -0.355 e. The number of nitrogens with zero attached hydrogens (tertiary/aromatic N) is 4. The van der Waals surface area contributed by atoms with E-state index in [9.17, 15) is 14.4 Å². The van der Waals surface area contributed by atoms with Crippen molar-refractivity contribution in [1.29, 1.82) is 0 Å². The van der Waals surface area contributed by atoms with Gasteiger partial charge in [-0.25, -0.2) is 9.88 Å². The third-order valence-corrected chi connectivity index (χ3v) is 6.51. The third kappa shape index (κ3) is 3.35. The van der Waals surface area contributed by atoms with Crippen molar-refractivity contribution in [3.05, 3.63) is 106 Å². The Morgan fingerprint density at radius 1 is 0.657 bits per heavy atom. The summed E-state index contributed by atoms with van der Waals surface area (Å²) in [6, 6.07) is 25.3. The Labute approximate surface area is 201 Å². The molecule has 0 atom stereocenters. The molecule has 0 bridgehead atoms. The van der Waals surface area contributed by atoms with Crippen molar-refractivity contribution in [3.8, 4) is 17.1 Å². The smallest absolute Gasteiger partial charge is 0.285 e. The molecule has 35 heavy (non-hydrogen) atoms. The van der Waals surface area contributed by atoms with Crippen molar-refractivity contribution >= 4 is 23.3 Å². The summed E-state index contributed by atoms with van der Waals surface area (Å²) in [5.74, 6) is -0.175. The molecule has 0 radical (unpaired) electrons. The highest BCUT2D eigenvalue weighted by Gasteiger charge is 2.41. The standard InChI is InChI=1S/C28H22N4O3/c33-26-21-15-7-8-16-22(21)27(34)32(26)23-25(30-17-9-10-18-30)29-24(19-11-3-1-4-12-19)31(28(23)35)20-13-5-2-6-14-20/h1-8,11-16H,9-10,17-18H2. The van der Waals surface area contributed by atoms with Crippen LogP contribution in [0, 0.1) is 0 Å². The van der Waals surface area contributed by atoms with Crippen LogP contribution >= 0.6 is 0 Å². The van der Waals surface area contributed by atoms with E-state index in [-0.39, 0.29) is 5.69 Å². The number of benzene rings is 3. The highest BCUT2D eigenvalue weighted by Crippen LogP contribution is 2.35. The first-order valence-corrected chi connectivity index (χ1v) is 11.7. The van der Waals surface area contributed by atoms with E-state index in [1.165, 1.54) is 4.57 Å². The van der Waals surface area contributed by atoms with Crippen LogP contribution in [0.5, 0.6) is 0 Å². The van der Waals surface area contributed by atoms with E-state index >= 15 is 0 Å². The number of fused-ring (bicyclic) bond motifs is 1. The summed E-state index contributed by atoms with van der Waals surface area (Å²) in [5, 5.41) is 0. The minimum absolute atomic E-state index is 0.00151. The fourth-order valence-electron chi connectivity index (χ4n) is 4.84. The van der Waals surface area contributed by atoms with Gasteiger partial charge in [-0.1, -0.05) is 60.7 Å². The second kappa shape index (κ2) is 8.36. The van der Waals surface area contributed by atoms with E-state index in [0.29, 0.717) is 41.5 Å². The normalized spacial score (nSPS) is 15.1. The Kier molecular flexibility index (Phi) is 5.03. The topological polar surface area (TPSA) is 75.5 Å². The van der Waals surface area contributed by atoms with Crippen molar-refractivity contribution in [3.63, 3.8) is 0 Å². The van der Waals surface area contributed by atoms with Crippen LogP contribution in [0.25, 0.3) is 17.1 Å². The van der Waals surface area contributed by atoms with Gasteiger partial charge in [-0.3, -0.25) is 19.0 Å². The molecule has 0 unspecified atom stereocenters. The lowest BCUT2D eigenvalue weighted by Crippen LogP contribution is -2.39. The van der Waals surface area contributed by atoms with E-state index in [0.717, 1.165) is 23.3 Å². The first-order valence-electron chi connectivity index (χ1n) is 11.7. The molecule has 0 aliphatic carbocycles. The second-order valence-electron chi connectivity index (χ2n) is 8.64. The predicted molar refractivity (Wildman–Crippen MR) is 134 cm³/mol. The molecule has 7 nitrogen and oxygen atoms in total. The van der Waals surface area contributed by atoms with Gasteiger partial charge in [-0.05, 0) is 37.1 Å². The summed E-state index contributed by atoms with van der Waals surface area (Å²) < 4.78 is 1.49. The molecule has 1 aromatic heterocycles. The molecular weight excluding hydrogens is 440 g/mol. The summed E-state index contributed by atoms with van der Waals surface area (Å²) in [5.41, 5.74) is 1.51. The van der Waals surface area contributed by atoms with Crippen LogP contribution in [0.2, 0.25) is 0 Å². The van der Waals surface area contributed by atoms with E-state index in [1.807, 2.05) is 65.6 Å². The van der Waals surface area contributed by atoms with Crippen molar-refractivity contribution in [2.75, 3.05) is 22.9 Å². The molecule has 0 spiro atoms. The Morgan fingerprint density at radius 2 is 1.20 bits per heavy atom.